The second-order valence-corrected chi connectivity index (χ2v) is 7.83. The Morgan fingerprint density at radius 1 is 1.10 bits per heavy atom. The second-order valence-electron chi connectivity index (χ2n) is 7.83. The first-order valence-corrected chi connectivity index (χ1v) is 10.3. The Morgan fingerprint density at radius 2 is 1.72 bits per heavy atom. The summed E-state index contributed by atoms with van der Waals surface area (Å²) in [7, 11) is 1.84. The third-order valence-electron chi connectivity index (χ3n) is 4.90. The van der Waals surface area contributed by atoms with Gasteiger partial charge in [-0.3, -0.25) is 4.79 Å². The summed E-state index contributed by atoms with van der Waals surface area (Å²) in [5, 5.41) is 14.0. The highest BCUT2D eigenvalue weighted by molar-refractivity contribution is 6.07. The first-order chi connectivity index (χ1) is 13.8. The van der Waals surface area contributed by atoms with Crippen molar-refractivity contribution in [1.29, 1.82) is 0 Å². The average Bonchev–Trinajstić information content (AvgIpc) is 2.70. The Hall–Kier alpha value is -2.75. The molecule has 4 heteroatoms. The quantitative estimate of drug-likeness (QED) is 0.383. The summed E-state index contributed by atoms with van der Waals surface area (Å²) >= 11 is 0. The number of benzene rings is 2. The number of aromatic hydroxyl groups is 1. The number of allylic oxidation sites excluding steroid dienone is 1. The van der Waals surface area contributed by atoms with E-state index in [0.717, 1.165) is 23.2 Å². The van der Waals surface area contributed by atoms with Crippen LogP contribution in [0.3, 0.4) is 0 Å². The predicted molar refractivity (Wildman–Crippen MR) is 121 cm³/mol. The van der Waals surface area contributed by atoms with Crippen molar-refractivity contribution in [3.05, 3.63) is 58.7 Å². The predicted octanol–water partition coefficient (Wildman–Crippen LogP) is 6.37. The molecule has 0 amide bonds. The molecule has 0 aromatic heterocycles. The lowest BCUT2D eigenvalue weighted by molar-refractivity contribution is 0.104. The maximum atomic E-state index is 12.7. The molecule has 2 N–H and O–H groups in total. The number of phenols is 1. The van der Waals surface area contributed by atoms with Crippen LogP contribution in [-0.2, 0) is 0 Å². The fourth-order valence-corrected chi connectivity index (χ4v) is 3.17. The standard InChI is InChI=1S/C25H33NO3/c1-7-14-29-25-20(24(28)21(16(2)3)15-22(25)17(4)5)12-13-23(27)18-8-10-19(26-6)11-9-18/h8-13,15-17,26,28H,7,14H2,1-6H3. The van der Waals surface area contributed by atoms with Gasteiger partial charge in [-0.05, 0) is 71.9 Å². The minimum absolute atomic E-state index is 0.116. The molecule has 0 radical (unpaired) electrons. The van der Waals surface area contributed by atoms with Gasteiger partial charge in [-0.15, -0.1) is 0 Å². The van der Waals surface area contributed by atoms with Crippen LogP contribution < -0.4 is 10.1 Å². The number of ether oxygens (including phenoxy) is 1. The number of hydrogen-bond donors (Lipinski definition) is 2. The molecule has 0 aliphatic heterocycles. The second kappa shape index (κ2) is 10.1. The summed E-state index contributed by atoms with van der Waals surface area (Å²) < 4.78 is 6.03. The fourth-order valence-electron chi connectivity index (χ4n) is 3.17. The van der Waals surface area contributed by atoms with Gasteiger partial charge in [-0.1, -0.05) is 34.6 Å². The van der Waals surface area contributed by atoms with Crippen molar-refractivity contribution in [2.24, 2.45) is 0 Å². The molecule has 4 nitrogen and oxygen atoms in total. The lowest BCUT2D eigenvalue weighted by atomic mass is 9.90. The van der Waals surface area contributed by atoms with Crippen molar-refractivity contribution in [2.75, 3.05) is 19.0 Å². The van der Waals surface area contributed by atoms with E-state index in [2.05, 4.69) is 19.2 Å². The molecular formula is C25H33NO3. The summed E-state index contributed by atoms with van der Waals surface area (Å²) in [5.74, 6) is 1.12. The summed E-state index contributed by atoms with van der Waals surface area (Å²) in [4.78, 5) is 12.7. The molecule has 156 valence electrons. The maximum absolute atomic E-state index is 12.7. The van der Waals surface area contributed by atoms with E-state index in [-0.39, 0.29) is 23.4 Å². The van der Waals surface area contributed by atoms with Gasteiger partial charge in [0.1, 0.15) is 11.5 Å². The lowest BCUT2D eigenvalue weighted by Crippen LogP contribution is -2.05. The molecule has 29 heavy (non-hydrogen) atoms. The van der Waals surface area contributed by atoms with Gasteiger partial charge in [0.15, 0.2) is 5.78 Å². The zero-order chi connectivity index (χ0) is 21.6. The van der Waals surface area contributed by atoms with Crippen LogP contribution in [0.25, 0.3) is 6.08 Å². The molecular weight excluding hydrogens is 362 g/mol. The van der Waals surface area contributed by atoms with Crippen molar-refractivity contribution in [1.82, 2.24) is 0 Å². The number of carbonyl (C=O) groups is 1. The molecule has 0 aliphatic carbocycles. The molecule has 0 saturated carbocycles. The molecule has 2 rings (SSSR count). The van der Waals surface area contributed by atoms with Gasteiger partial charge in [0, 0.05) is 18.3 Å². The highest BCUT2D eigenvalue weighted by Crippen LogP contribution is 2.42. The van der Waals surface area contributed by atoms with Crippen LogP contribution in [0, 0.1) is 0 Å². The van der Waals surface area contributed by atoms with Crippen LogP contribution >= 0.6 is 0 Å². The van der Waals surface area contributed by atoms with E-state index < -0.39 is 0 Å². The summed E-state index contributed by atoms with van der Waals surface area (Å²) in [6.07, 6.45) is 4.06. The molecule has 0 spiro atoms. The van der Waals surface area contributed by atoms with Crippen molar-refractivity contribution >= 4 is 17.5 Å². The Morgan fingerprint density at radius 3 is 2.24 bits per heavy atom. The van der Waals surface area contributed by atoms with Crippen LogP contribution in [0.2, 0.25) is 0 Å². The number of nitrogens with one attached hydrogen (secondary N) is 1. The number of ketones is 1. The number of carbonyl (C=O) groups excluding carboxylic acids is 1. The molecule has 0 aliphatic rings. The van der Waals surface area contributed by atoms with E-state index in [9.17, 15) is 9.90 Å². The van der Waals surface area contributed by atoms with Gasteiger partial charge < -0.3 is 15.2 Å². The van der Waals surface area contributed by atoms with E-state index in [0.29, 0.717) is 23.5 Å². The molecule has 2 aromatic rings. The van der Waals surface area contributed by atoms with Crippen LogP contribution in [0.5, 0.6) is 11.5 Å². The highest BCUT2D eigenvalue weighted by atomic mass is 16.5. The van der Waals surface area contributed by atoms with Crippen LogP contribution in [0.15, 0.2) is 36.4 Å². The summed E-state index contributed by atoms with van der Waals surface area (Å²) in [6.45, 7) is 10.9. The number of anilines is 1. The number of phenolic OH excluding ortho intramolecular Hbond substituents is 1. The van der Waals surface area contributed by atoms with Crippen molar-refractivity contribution in [3.8, 4) is 11.5 Å². The minimum atomic E-state index is -0.116. The zero-order valence-electron chi connectivity index (χ0n) is 18.4. The maximum Gasteiger partial charge on any atom is 0.185 e. The van der Waals surface area contributed by atoms with Crippen LogP contribution in [0.1, 0.15) is 79.9 Å². The summed E-state index contributed by atoms with van der Waals surface area (Å²) in [6, 6.07) is 9.34. The van der Waals surface area contributed by atoms with Gasteiger partial charge in [0.05, 0.1) is 12.2 Å². The van der Waals surface area contributed by atoms with Crippen molar-refractivity contribution in [2.45, 2.75) is 52.9 Å². The van der Waals surface area contributed by atoms with Crippen LogP contribution in [-0.4, -0.2) is 24.5 Å². The first kappa shape index (κ1) is 22.5. The van der Waals surface area contributed by atoms with Gasteiger partial charge in [0.25, 0.3) is 0 Å². The topological polar surface area (TPSA) is 58.6 Å². The monoisotopic (exact) mass is 395 g/mol. The van der Waals surface area contributed by atoms with Gasteiger partial charge in [-0.2, -0.15) is 0 Å². The summed E-state index contributed by atoms with van der Waals surface area (Å²) in [5.41, 5.74) is 4.03. The number of hydrogen-bond acceptors (Lipinski definition) is 4. The normalized spacial score (nSPS) is 11.4. The van der Waals surface area contributed by atoms with Gasteiger partial charge in [0.2, 0.25) is 0 Å². The average molecular weight is 396 g/mol. The molecule has 0 saturated heterocycles. The van der Waals surface area contributed by atoms with E-state index >= 15 is 0 Å². The highest BCUT2D eigenvalue weighted by Gasteiger charge is 2.21. The van der Waals surface area contributed by atoms with E-state index in [1.807, 2.05) is 46.0 Å². The largest absolute Gasteiger partial charge is 0.507 e. The number of rotatable bonds is 9. The van der Waals surface area contributed by atoms with E-state index in [1.54, 1.807) is 18.2 Å². The van der Waals surface area contributed by atoms with Gasteiger partial charge >= 0.3 is 0 Å². The zero-order valence-corrected chi connectivity index (χ0v) is 18.4. The lowest BCUT2D eigenvalue weighted by Gasteiger charge is -2.21. The Kier molecular flexibility index (Phi) is 7.89. The fraction of sp³-hybridized carbons (Fsp3) is 0.400. The molecule has 0 atom stereocenters. The molecule has 0 heterocycles. The minimum Gasteiger partial charge on any atom is -0.507 e. The van der Waals surface area contributed by atoms with E-state index in [1.165, 1.54) is 6.08 Å². The van der Waals surface area contributed by atoms with Crippen LogP contribution in [0.4, 0.5) is 5.69 Å². The Balaban J connectivity index is 2.52. The molecule has 2 aromatic carbocycles. The van der Waals surface area contributed by atoms with Crippen molar-refractivity contribution in [3.63, 3.8) is 0 Å². The van der Waals surface area contributed by atoms with Gasteiger partial charge in [-0.25, -0.2) is 0 Å². The third-order valence-corrected chi connectivity index (χ3v) is 4.90. The Bertz CT molecular complexity index is 865. The van der Waals surface area contributed by atoms with Crippen molar-refractivity contribution < 1.29 is 14.6 Å². The SMILES string of the molecule is CCCOc1c(C(C)C)cc(C(C)C)c(O)c1C=CC(=O)c1ccc(NC)cc1. The molecule has 0 unspecified atom stereocenters. The molecule has 0 fully saturated rings. The molecule has 0 bridgehead atoms. The third kappa shape index (κ3) is 5.41. The Labute approximate surface area is 174 Å². The smallest absolute Gasteiger partial charge is 0.185 e. The first-order valence-electron chi connectivity index (χ1n) is 10.3. The van der Waals surface area contributed by atoms with E-state index in [4.69, 9.17) is 4.74 Å².